The molecule has 0 aromatic heterocycles. The molecule has 0 aliphatic rings. The summed E-state index contributed by atoms with van der Waals surface area (Å²) >= 11 is 0. The van der Waals surface area contributed by atoms with Gasteiger partial charge in [0, 0.05) is 6.54 Å². The van der Waals surface area contributed by atoms with Crippen molar-refractivity contribution >= 4 is 17.8 Å². The minimum Gasteiger partial charge on any atom is -0.508 e. The molecule has 2 atom stereocenters. The second-order valence-corrected chi connectivity index (χ2v) is 8.63. The van der Waals surface area contributed by atoms with Crippen molar-refractivity contribution in [1.29, 1.82) is 0 Å². The van der Waals surface area contributed by atoms with Gasteiger partial charge in [-0.15, -0.1) is 0 Å². The normalized spacial score (nSPS) is 12.5. The van der Waals surface area contributed by atoms with Gasteiger partial charge < -0.3 is 27.2 Å². The van der Waals surface area contributed by atoms with Gasteiger partial charge in [-0.2, -0.15) is 0 Å². The molecule has 8 heteroatoms. The summed E-state index contributed by atoms with van der Waals surface area (Å²) in [6, 6.07) is 24.1. The molecule has 0 fully saturated rings. The van der Waals surface area contributed by atoms with Gasteiger partial charge in [-0.25, -0.2) is 0 Å². The summed E-state index contributed by atoms with van der Waals surface area (Å²) in [7, 11) is 0. The molecule has 0 unspecified atom stereocenters. The van der Waals surface area contributed by atoms with Gasteiger partial charge in [0.05, 0.1) is 12.0 Å². The highest BCUT2D eigenvalue weighted by atomic mass is 16.3. The fourth-order valence-corrected chi connectivity index (χ4v) is 4.36. The Bertz CT molecular complexity index is 1120. The molecule has 0 aliphatic heterocycles. The Morgan fingerprint density at radius 1 is 0.833 bits per heavy atom. The van der Waals surface area contributed by atoms with Gasteiger partial charge in [0.2, 0.25) is 11.8 Å². The summed E-state index contributed by atoms with van der Waals surface area (Å²) in [4.78, 5) is 32.7. The van der Waals surface area contributed by atoms with Crippen LogP contribution >= 0.6 is 0 Å². The minimum absolute atomic E-state index is 0.0377. The van der Waals surface area contributed by atoms with Gasteiger partial charge in [0.15, 0.2) is 5.96 Å². The zero-order valence-corrected chi connectivity index (χ0v) is 20.3. The maximum Gasteiger partial charge on any atom is 0.240 e. The van der Waals surface area contributed by atoms with E-state index in [1.807, 2.05) is 67.6 Å². The largest absolute Gasteiger partial charge is 0.508 e. The third kappa shape index (κ3) is 6.63. The second kappa shape index (κ2) is 12.4. The number of benzene rings is 3. The van der Waals surface area contributed by atoms with Gasteiger partial charge >= 0.3 is 0 Å². The molecule has 2 amide bonds. The summed E-state index contributed by atoms with van der Waals surface area (Å²) in [5, 5.41) is 9.77. The molecule has 0 bridgehead atoms. The molecule has 0 radical (unpaired) electrons. The number of aromatic hydroxyl groups is 1. The first kappa shape index (κ1) is 26.3. The van der Waals surface area contributed by atoms with Crippen LogP contribution in [0.4, 0.5) is 0 Å². The van der Waals surface area contributed by atoms with Crippen molar-refractivity contribution < 1.29 is 14.7 Å². The van der Waals surface area contributed by atoms with E-state index in [0.29, 0.717) is 13.0 Å². The van der Waals surface area contributed by atoms with E-state index in [9.17, 15) is 14.7 Å². The fourth-order valence-electron chi connectivity index (χ4n) is 4.36. The molecule has 0 spiro atoms. The number of guanidine groups is 1. The van der Waals surface area contributed by atoms with Crippen molar-refractivity contribution in [3.05, 3.63) is 102 Å². The Hall–Kier alpha value is -4.33. The molecule has 3 rings (SSSR count). The predicted octanol–water partition coefficient (Wildman–Crippen LogP) is 3.02. The van der Waals surface area contributed by atoms with Crippen molar-refractivity contribution in [1.82, 2.24) is 4.90 Å². The number of carbonyl (C=O) groups excluding carboxylic acids is 2. The van der Waals surface area contributed by atoms with E-state index in [1.54, 1.807) is 29.2 Å². The van der Waals surface area contributed by atoms with Gasteiger partial charge in [-0.1, -0.05) is 72.8 Å². The average molecular weight is 488 g/mol. The molecular formula is C28H33N5O3. The Labute approximate surface area is 211 Å². The quantitative estimate of drug-likeness (QED) is 0.186. The molecule has 0 heterocycles. The van der Waals surface area contributed by atoms with E-state index in [4.69, 9.17) is 17.2 Å². The third-order valence-corrected chi connectivity index (χ3v) is 6.15. The first-order valence-corrected chi connectivity index (χ1v) is 11.8. The van der Waals surface area contributed by atoms with Crippen molar-refractivity contribution in [2.24, 2.45) is 22.2 Å². The summed E-state index contributed by atoms with van der Waals surface area (Å²) in [6.07, 6.45) is 0.746. The SMILES string of the molecule is C[C@@H](c1ccc(O)cc1)N(C(=O)C(c1ccccc1)c1ccccc1)[C@H](CCCN=C(N)N)C(N)=O. The number of amides is 2. The molecule has 0 saturated carbocycles. The van der Waals surface area contributed by atoms with Crippen molar-refractivity contribution in [3.8, 4) is 5.75 Å². The monoisotopic (exact) mass is 487 g/mol. The van der Waals surface area contributed by atoms with Gasteiger partial charge in [-0.3, -0.25) is 14.6 Å². The topological polar surface area (TPSA) is 148 Å². The molecule has 36 heavy (non-hydrogen) atoms. The summed E-state index contributed by atoms with van der Waals surface area (Å²) < 4.78 is 0. The highest BCUT2D eigenvalue weighted by Crippen LogP contribution is 2.33. The maximum absolute atomic E-state index is 14.4. The molecule has 188 valence electrons. The van der Waals surface area contributed by atoms with Gasteiger partial charge in [-0.05, 0) is 48.6 Å². The lowest BCUT2D eigenvalue weighted by atomic mass is 9.88. The van der Waals surface area contributed by atoms with Crippen LogP contribution < -0.4 is 17.2 Å². The number of primary amides is 1. The van der Waals surface area contributed by atoms with Crippen LogP contribution in [0, 0.1) is 0 Å². The Morgan fingerprint density at radius 3 is 1.83 bits per heavy atom. The van der Waals surface area contributed by atoms with E-state index in [1.165, 1.54) is 0 Å². The Morgan fingerprint density at radius 2 is 1.36 bits per heavy atom. The number of hydrogen-bond acceptors (Lipinski definition) is 4. The van der Waals surface area contributed by atoms with Crippen LogP contribution in [0.3, 0.4) is 0 Å². The average Bonchev–Trinajstić information content (AvgIpc) is 2.87. The fraction of sp³-hybridized carbons (Fsp3) is 0.250. The van der Waals surface area contributed by atoms with Gasteiger partial charge in [0.25, 0.3) is 0 Å². The van der Waals surface area contributed by atoms with Crippen molar-refractivity contribution in [3.63, 3.8) is 0 Å². The zero-order valence-electron chi connectivity index (χ0n) is 20.3. The predicted molar refractivity (Wildman–Crippen MR) is 141 cm³/mol. The molecule has 0 aliphatic carbocycles. The standard InChI is InChI=1S/C28H33N5O3/c1-19(20-14-16-23(34)17-15-20)33(24(26(29)35)13-8-18-32-28(30)31)27(36)25(21-9-4-2-5-10-21)22-11-6-3-7-12-22/h2-7,9-12,14-17,19,24-25,34H,8,13,18H2,1H3,(H2,29,35)(H4,30,31,32)/t19-,24+/m0/s1. The molecule has 3 aromatic rings. The highest BCUT2D eigenvalue weighted by Gasteiger charge is 2.37. The van der Waals surface area contributed by atoms with E-state index >= 15 is 0 Å². The molecule has 0 saturated heterocycles. The van der Waals surface area contributed by atoms with Crippen LogP contribution in [0.1, 0.15) is 48.4 Å². The summed E-state index contributed by atoms with van der Waals surface area (Å²) in [6.45, 7) is 2.16. The van der Waals surface area contributed by atoms with E-state index in [-0.39, 0.29) is 24.0 Å². The molecule has 7 N–H and O–H groups in total. The highest BCUT2D eigenvalue weighted by molar-refractivity contribution is 5.92. The van der Waals surface area contributed by atoms with Gasteiger partial charge in [0.1, 0.15) is 11.8 Å². The van der Waals surface area contributed by atoms with Crippen LogP contribution in [0.25, 0.3) is 0 Å². The number of carbonyl (C=O) groups is 2. The number of phenolic OH excluding ortho intramolecular Hbond substituents is 1. The maximum atomic E-state index is 14.4. The van der Waals surface area contributed by atoms with Crippen LogP contribution in [0.2, 0.25) is 0 Å². The third-order valence-electron chi connectivity index (χ3n) is 6.15. The summed E-state index contributed by atoms with van der Waals surface area (Å²) in [5.41, 5.74) is 19.1. The number of rotatable bonds is 11. The van der Waals surface area contributed by atoms with E-state index < -0.39 is 23.9 Å². The number of phenols is 1. The minimum atomic E-state index is -0.898. The van der Waals surface area contributed by atoms with Crippen LogP contribution in [0.5, 0.6) is 5.75 Å². The molecular weight excluding hydrogens is 454 g/mol. The number of aliphatic imine (C=N–C) groups is 1. The lowest BCUT2D eigenvalue weighted by molar-refractivity contribution is -0.142. The van der Waals surface area contributed by atoms with Crippen molar-refractivity contribution in [2.75, 3.05) is 6.54 Å². The zero-order chi connectivity index (χ0) is 26.1. The lowest BCUT2D eigenvalue weighted by Crippen LogP contribution is -2.50. The molecule has 8 nitrogen and oxygen atoms in total. The Kier molecular flexibility index (Phi) is 9.05. The number of hydrogen-bond donors (Lipinski definition) is 4. The number of nitrogens with two attached hydrogens (primary N) is 3. The molecule has 3 aromatic carbocycles. The van der Waals surface area contributed by atoms with E-state index in [2.05, 4.69) is 4.99 Å². The summed E-state index contributed by atoms with van der Waals surface area (Å²) in [5.74, 6) is -1.44. The van der Waals surface area contributed by atoms with Crippen LogP contribution in [-0.4, -0.2) is 40.4 Å². The lowest BCUT2D eigenvalue weighted by Gasteiger charge is -2.38. The van der Waals surface area contributed by atoms with Crippen LogP contribution in [0.15, 0.2) is 89.9 Å². The van der Waals surface area contributed by atoms with E-state index in [0.717, 1.165) is 16.7 Å². The van der Waals surface area contributed by atoms with Crippen molar-refractivity contribution in [2.45, 2.75) is 37.8 Å². The number of nitrogens with zero attached hydrogens (tertiary/aromatic N) is 2. The second-order valence-electron chi connectivity index (χ2n) is 8.63. The Balaban J connectivity index is 2.08. The first-order valence-electron chi connectivity index (χ1n) is 11.8. The smallest absolute Gasteiger partial charge is 0.240 e. The van der Waals surface area contributed by atoms with Crippen LogP contribution in [-0.2, 0) is 9.59 Å². The first-order chi connectivity index (χ1) is 17.3.